The summed E-state index contributed by atoms with van der Waals surface area (Å²) in [6.45, 7) is 2.68. The first-order chi connectivity index (χ1) is 11.6. The summed E-state index contributed by atoms with van der Waals surface area (Å²) in [5.41, 5.74) is 3.18. The van der Waals surface area contributed by atoms with E-state index in [0.717, 1.165) is 54.3 Å². The molecule has 1 aromatic carbocycles. The number of fused-ring (bicyclic) bond motifs is 1. The summed E-state index contributed by atoms with van der Waals surface area (Å²) >= 11 is 0. The Hall–Kier alpha value is -2.30. The molecular weight excluding hydrogens is 304 g/mol. The second kappa shape index (κ2) is 9.11. The largest absolute Gasteiger partial charge is 0.481 e. The van der Waals surface area contributed by atoms with Gasteiger partial charge in [-0.2, -0.15) is 0 Å². The van der Waals surface area contributed by atoms with Crippen molar-refractivity contribution >= 4 is 22.8 Å². The van der Waals surface area contributed by atoms with Crippen LogP contribution < -0.4 is 5.32 Å². The van der Waals surface area contributed by atoms with E-state index in [1.807, 2.05) is 31.2 Å². The zero-order valence-electron chi connectivity index (χ0n) is 14.2. The third-order valence-corrected chi connectivity index (χ3v) is 4.25. The summed E-state index contributed by atoms with van der Waals surface area (Å²) in [5, 5.41) is 12.6. The highest BCUT2D eigenvalue weighted by Crippen LogP contribution is 2.22. The Kier molecular flexibility index (Phi) is 6.85. The molecule has 1 heterocycles. The number of carboxylic acids is 1. The van der Waals surface area contributed by atoms with Crippen LogP contribution in [0.3, 0.4) is 0 Å². The number of carbonyl (C=O) groups excluding carboxylic acids is 1. The predicted molar refractivity (Wildman–Crippen MR) is 95.1 cm³/mol. The first-order valence-corrected chi connectivity index (χ1v) is 8.62. The summed E-state index contributed by atoms with van der Waals surface area (Å²) in [6.07, 6.45) is 5.30. The van der Waals surface area contributed by atoms with Gasteiger partial charge in [0.2, 0.25) is 5.91 Å². The summed E-state index contributed by atoms with van der Waals surface area (Å²) in [6, 6.07) is 8.03. The number of carbonyl (C=O) groups is 2. The minimum Gasteiger partial charge on any atom is -0.481 e. The van der Waals surface area contributed by atoms with Gasteiger partial charge in [-0.1, -0.05) is 37.5 Å². The number of aryl methyl sites for hydroxylation is 1. The number of carboxylic acid groups (broad SMARTS) is 1. The van der Waals surface area contributed by atoms with Gasteiger partial charge in [-0.05, 0) is 31.4 Å². The van der Waals surface area contributed by atoms with Gasteiger partial charge in [0.05, 0.1) is 6.42 Å². The van der Waals surface area contributed by atoms with Crippen LogP contribution in [0.25, 0.3) is 10.9 Å². The molecule has 24 heavy (non-hydrogen) atoms. The van der Waals surface area contributed by atoms with Gasteiger partial charge in [-0.15, -0.1) is 0 Å². The van der Waals surface area contributed by atoms with E-state index >= 15 is 0 Å². The van der Waals surface area contributed by atoms with E-state index < -0.39 is 5.97 Å². The molecule has 0 saturated heterocycles. The van der Waals surface area contributed by atoms with Crippen molar-refractivity contribution in [3.8, 4) is 0 Å². The third kappa shape index (κ3) is 5.41. The molecule has 0 atom stereocenters. The number of para-hydroxylation sites is 1. The third-order valence-electron chi connectivity index (χ3n) is 4.25. The van der Waals surface area contributed by atoms with E-state index in [9.17, 15) is 9.59 Å². The maximum Gasteiger partial charge on any atom is 0.303 e. The molecule has 0 fully saturated rings. The number of aliphatic carboxylic acids is 1. The smallest absolute Gasteiger partial charge is 0.303 e. The number of H-pyrrole nitrogens is 1. The topological polar surface area (TPSA) is 82.2 Å². The zero-order valence-corrected chi connectivity index (χ0v) is 14.2. The molecule has 0 aliphatic heterocycles. The first kappa shape index (κ1) is 18.0. The molecular formula is C19H26N2O3. The molecule has 0 radical (unpaired) electrons. The van der Waals surface area contributed by atoms with E-state index in [2.05, 4.69) is 10.3 Å². The highest BCUT2D eigenvalue weighted by atomic mass is 16.4. The van der Waals surface area contributed by atoms with E-state index in [0.29, 0.717) is 13.0 Å². The predicted octanol–water partition coefficient (Wildman–Crippen LogP) is 3.56. The van der Waals surface area contributed by atoms with Crippen LogP contribution in [-0.4, -0.2) is 28.5 Å². The van der Waals surface area contributed by atoms with Crippen LogP contribution in [0, 0.1) is 6.92 Å². The molecule has 1 amide bonds. The van der Waals surface area contributed by atoms with Crippen molar-refractivity contribution in [1.29, 1.82) is 0 Å². The number of unbranched alkanes of at least 4 members (excludes halogenated alkanes) is 4. The van der Waals surface area contributed by atoms with Gasteiger partial charge >= 0.3 is 5.97 Å². The summed E-state index contributed by atoms with van der Waals surface area (Å²) in [5.74, 6) is -0.677. The lowest BCUT2D eigenvalue weighted by atomic mass is 10.1. The standard InChI is InChI=1S/C19H26N2O3/c1-14-16(15-9-6-7-10-17(15)21-14)13-18(22)20-12-8-4-2-3-5-11-19(23)24/h6-7,9-10,21H,2-5,8,11-13H2,1H3,(H,20,22)(H,23,24). The lowest BCUT2D eigenvalue weighted by molar-refractivity contribution is -0.137. The van der Waals surface area contributed by atoms with E-state index in [1.54, 1.807) is 0 Å². The van der Waals surface area contributed by atoms with Crippen LogP contribution >= 0.6 is 0 Å². The van der Waals surface area contributed by atoms with Crippen LogP contribution in [0.15, 0.2) is 24.3 Å². The van der Waals surface area contributed by atoms with Gasteiger partial charge in [0.25, 0.3) is 0 Å². The molecule has 5 heteroatoms. The Morgan fingerprint density at radius 3 is 2.58 bits per heavy atom. The number of nitrogens with one attached hydrogen (secondary N) is 2. The minimum atomic E-state index is -0.727. The van der Waals surface area contributed by atoms with Crippen LogP contribution in [0.2, 0.25) is 0 Å². The highest BCUT2D eigenvalue weighted by Gasteiger charge is 2.11. The number of aromatic amines is 1. The molecule has 3 N–H and O–H groups in total. The number of rotatable bonds is 10. The summed E-state index contributed by atoms with van der Waals surface area (Å²) in [7, 11) is 0. The fourth-order valence-electron chi connectivity index (χ4n) is 2.94. The van der Waals surface area contributed by atoms with Crippen molar-refractivity contribution in [2.24, 2.45) is 0 Å². The van der Waals surface area contributed by atoms with E-state index in [4.69, 9.17) is 5.11 Å². The van der Waals surface area contributed by atoms with Crippen molar-refractivity contribution in [2.45, 2.75) is 51.9 Å². The van der Waals surface area contributed by atoms with E-state index in [-0.39, 0.29) is 12.3 Å². The quantitative estimate of drug-likeness (QED) is 0.583. The second-order valence-electron chi connectivity index (χ2n) is 6.21. The molecule has 130 valence electrons. The monoisotopic (exact) mass is 330 g/mol. The molecule has 0 aliphatic carbocycles. The fourth-order valence-corrected chi connectivity index (χ4v) is 2.94. The molecule has 0 spiro atoms. The SMILES string of the molecule is Cc1[nH]c2ccccc2c1CC(=O)NCCCCCCCC(=O)O. The Labute approximate surface area is 142 Å². The summed E-state index contributed by atoms with van der Waals surface area (Å²) in [4.78, 5) is 25.8. The Bertz CT molecular complexity index is 691. The average Bonchev–Trinajstić information content (AvgIpc) is 2.85. The van der Waals surface area contributed by atoms with Gasteiger partial charge in [-0.25, -0.2) is 0 Å². The van der Waals surface area contributed by atoms with Gasteiger partial charge in [0, 0.05) is 29.6 Å². The Morgan fingerprint density at radius 1 is 1.08 bits per heavy atom. The van der Waals surface area contributed by atoms with Crippen molar-refractivity contribution in [2.75, 3.05) is 6.54 Å². The normalized spacial score (nSPS) is 10.9. The second-order valence-corrected chi connectivity index (χ2v) is 6.21. The van der Waals surface area contributed by atoms with E-state index in [1.165, 1.54) is 0 Å². The van der Waals surface area contributed by atoms with Crippen molar-refractivity contribution < 1.29 is 14.7 Å². The number of amides is 1. The molecule has 5 nitrogen and oxygen atoms in total. The van der Waals surface area contributed by atoms with Crippen LogP contribution in [0.4, 0.5) is 0 Å². The summed E-state index contributed by atoms with van der Waals surface area (Å²) < 4.78 is 0. The molecule has 0 unspecified atom stereocenters. The molecule has 0 saturated carbocycles. The van der Waals surface area contributed by atoms with Crippen LogP contribution in [0.5, 0.6) is 0 Å². The molecule has 2 rings (SSSR count). The minimum absolute atomic E-state index is 0.0498. The number of aromatic nitrogens is 1. The highest BCUT2D eigenvalue weighted by molar-refractivity contribution is 5.90. The van der Waals surface area contributed by atoms with Gasteiger partial charge in [-0.3, -0.25) is 9.59 Å². The molecule has 0 bridgehead atoms. The van der Waals surface area contributed by atoms with Gasteiger partial charge < -0.3 is 15.4 Å². The number of hydrogen-bond acceptors (Lipinski definition) is 2. The molecule has 1 aromatic heterocycles. The maximum atomic E-state index is 12.1. The fraction of sp³-hybridized carbons (Fsp3) is 0.474. The van der Waals surface area contributed by atoms with Crippen molar-refractivity contribution in [3.05, 3.63) is 35.5 Å². The number of benzene rings is 1. The average molecular weight is 330 g/mol. The molecule has 0 aliphatic rings. The maximum absolute atomic E-state index is 12.1. The zero-order chi connectivity index (χ0) is 17.4. The molecule has 2 aromatic rings. The Morgan fingerprint density at radius 2 is 1.79 bits per heavy atom. The first-order valence-electron chi connectivity index (χ1n) is 8.62. The van der Waals surface area contributed by atoms with Crippen molar-refractivity contribution in [1.82, 2.24) is 10.3 Å². The Balaban J connectivity index is 1.66. The lowest BCUT2D eigenvalue weighted by Crippen LogP contribution is -2.26. The lowest BCUT2D eigenvalue weighted by Gasteiger charge is -2.06. The number of hydrogen-bond donors (Lipinski definition) is 3. The van der Waals surface area contributed by atoms with Crippen molar-refractivity contribution in [3.63, 3.8) is 0 Å². The van der Waals surface area contributed by atoms with Crippen LogP contribution in [0.1, 0.15) is 49.8 Å². The van der Waals surface area contributed by atoms with Gasteiger partial charge in [0.15, 0.2) is 0 Å². The van der Waals surface area contributed by atoms with Gasteiger partial charge in [0.1, 0.15) is 0 Å². The van der Waals surface area contributed by atoms with Crippen LogP contribution in [-0.2, 0) is 16.0 Å².